The maximum atomic E-state index is 11.4. The van der Waals surface area contributed by atoms with Gasteiger partial charge in [0.2, 0.25) is 0 Å². The van der Waals surface area contributed by atoms with E-state index in [2.05, 4.69) is 25.8 Å². The molecule has 1 heterocycles. The first-order valence-corrected chi connectivity index (χ1v) is 6.78. The Labute approximate surface area is 113 Å². The topological polar surface area (TPSA) is 55.1 Å². The first-order valence-electron chi connectivity index (χ1n) is 6.78. The van der Waals surface area contributed by atoms with E-state index in [-0.39, 0.29) is 6.04 Å². The quantitative estimate of drug-likeness (QED) is 0.891. The summed E-state index contributed by atoms with van der Waals surface area (Å²) in [5, 5.41) is 9.32. The van der Waals surface area contributed by atoms with Crippen molar-refractivity contribution in [1.29, 1.82) is 0 Å². The van der Waals surface area contributed by atoms with Crippen LogP contribution in [0.5, 0.6) is 0 Å². The first kappa shape index (κ1) is 13.6. The molecule has 0 spiro atoms. The fourth-order valence-corrected chi connectivity index (χ4v) is 2.77. The number of hydrogen-bond donors (Lipinski definition) is 1. The van der Waals surface area contributed by atoms with Crippen LogP contribution in [0.2, 0.25) is 0 Å². The van der Waals surface area contributed by atoms with Crippen molar-refractivity contribution in [2.24, 2.45) is 5.92 Å². The predicted molar refractivity (Wildman–Crippen MR) is 75.5 cm³/mol. The predicted octanol–water partition coefficient (Wildman–Crippen LogP) is 3.73. The third-order valence-electron chi connectivity index (χ3n) is 3.99. The van der Waals surface area contributed by atoms with Gasteiger partial charge in [0.25, 0.3) is 0 Å². The highest BCUT2D eigenvalue weighted by Gasteiger charge is 2.20. The Morgan fingerprint density at radius 3 is 2.63 bits per heavy atom. The van der Waals surface area contributed by atoms with Gasteiger partial charge >= 0.3 is 5.97 Å². The molecule has 1 aromatic heterocycles. The average molecular weight is 260 g/mol. The van der Waals surface area contributed by atoms with Crippen LogP contribution in [0.3, 0.4) is 0 Å². The number of para-hydroxylation sites is 1. The molecule has 0 bridgehead atoms. The van der Waals surface area contributed by atoms with Crippen LogP contribution in [-0.4, -0.2) is 20.6 Å². The van der Waals surface area contributed by atoms with E-state index in [1.54, 1.807) is 18.5 Å². The smallest absolute Gasteiger partial charge is 0.337 e. The van der Waals surface area contributed by atoms with E-state index in [9.17, 15) is 9.90 Å². The molecule has 102 valence electrons. The fraction of sp³-hybridized carbons (Fsp3) is 0.467. The summed E-state index contributed by atoms with van der Waals surface area (Å²) in [6, 6.07) is 5.49. The second kappa shape index (κ2) is 5.43. The minimum Gasteiger partial charge on any atom is -0.478 e. The molecule has 4 heteroatoms. The van der Waals surface area contributed by atoms with Crippen molar-refractivity contribution in [3.8, 4) is 0 Å². The van der Waals surface area contributed by atoms with Gasteiger partial charge in [-0.25, -0.2) is 9.78 Å². The number of aromatic nitrogens is 2. The van der Waals surface area contributed by atoms with Crippen LogP contribution < -0.4 is 0 Å². The van der Waals surface area contributed by atoms with Gasteiger partial charge in [0, 0.05) is 6.04 Å². The van der Waals surface area contributed by atoms with Crippen LogP contribution in [0.1, 0.15) is 50.0 Å². The van der Waals surface area contributed by atoms with E-state index in [1.165, 1.54) is 0 Å². The Kier molecular flexibility index (Phi) is 3.88. The highest BCUT2D eigenvalue weighted by Crippen LogP contribution is 2.29. The monoisotopic (exact) mass is 260 g/mol. The van der Waals surface area contributed by atoms with Gasteiger partial charge in [-0.2, -0.15) is 0 Å². The number of rotatable bonds is 5. The normalized spacial score (nSPS) is 13.1. The number of imidazole rings is 1. The molecule has 19 heavy (non-hydrogen) atoms. The van der Waals surface area contributed by atoms with Crippen LogP contribution in [0, 0.1) is 5.92 Å². The van der Waals surface area contributed by atoms with E-state index in [0.29, 0.717) is 11.5 Å². The second-order valence-corrected chi connectivity index (χ2v) is 4.95. The van der Waals surface area contributed by atoms with Gasteiger partial charge in [0.15, 0.2) is 0 Å². The molecule has 0 aliphatic rings. The maximum Gasteiger partial charge on any atom is 0.337 e. The van der Waals surface area contributed by atoms with Crippen molar-refractivity contribution in [2.45, 2.75) is 39.7 Å². The molecule has 0 aliphatic heterocycles. The van der Waals surface area contributed by atoms with Gasteiger partial charge in [-0.1, -0.05) is 32.8 Å². The van der Waals surface area contributed by atoms with Crippen LogP contribution >= 0.6 is 0 Å². The maximum absolute atomic E-state index is 11.4. The van der Waals surface area contributed by atoms with E-state index in [4.69, 9.17) is 0 Å². The zero-order valence-corrected chi connectivity index (χ0v) is 11.6. The molecule has 0 radical (unpaired) electrons. The molecule has 4 nitrogen and oxygen atoms in total. The summed E-state index contributed by atoms with van der Waals surface area (Å²) >= 11 is 0. The molecule has 0 saturated carbocycles. The van der Waals surface area contributed by atoms with Gasteiger partial charge in [0.05, 0.1) is 22.9 Å². The summed E-state index contributed by atoms with van der Waals surface area (Å²) in [7, 11) is 0. The second-order valence-electron chi connectivity index (χ2n) is 4.95. The van der Waals surface area contributed by atoms with Gasteiger partial charge in [-0.3, -0.25) is 0 Å². The van der Waals surface area contributed by atoms with Crippen molar-refractivity contribution in [3.63, 3.8) is 0 Å². The zero-order chi connectivity index (χ0) is 14.0. The van der Waals surface area contributed by atoms with E-state index in [1.807, 2.05) is 10.6 Å². The molecule has 0 amide bonds. The number of carbonyl (C=O) groups is 1. The zero-order valence-electron chi connectivity index (χ0n) is 11.6. The SMILES string of the molecule is CCC(CC)C(C)n1cnc2cccc(C(=O)O)c21. The Hall–Kier alpha value is -1.84. The summed E-state index contributed by atoms with van der Waals surface area (Å²) in [6.07, 6.45) is 3.92. The van der Waals surface area contributed by atoms with Gasteiger partial charge < -0.3 is 9.67 Å². The lowest BCUT2D eigenvalue weighted by atomic mass is 9.95. The van der Waals surface area contributed by atoms with Crippen LogP contribution in [0.4, 0.5) is 0 Å². The van der Waals surface area contributed by atoms with Gasteiger partial charge in [0.1, 0.15) is 0 Å². The highest BCUT2D eigenvalue weighted by molar-refractivity contribution is 6.01. The van der Waals surface area contributed by atoms with Crippen LogP contribution in [0.25, 0.3) is 11.0 Å². The Morgan fingerprint density at radius 1 is 1.37 bits per heavy atom. The first-order chi connectivity index (χ1) is 9.10. The molecule has 0 fully saturated rings. The van der Waals surface area contributed by atoms with Gasteiger partial charge in [-0.05, 0) is 25.0 Å². The van der Waals surface area contributed by atoms with Crippen molar-refractivity contribution in [3.05, 3.63) is 30.1 Å². The Balaban J connectivity index is 2.58. The number of benzene rings is 1. The summed E-state index contributed by atoms with van der Waals surface area (Å²) < 4.78 is 2.01. The molecule has 0 saturated heterocycles. The summed E-state index contributed by atoms with van der Waals surface area (Å²) in [4.78, 5) is 15.7. The lowest BCUT2D eigenvalue weighted by Crippen LogP contribution is -2.16. The van der Waals surface area contributed by atoms with Gasteiger partial charge in [-0.15, -0.1) is 0 Å². The van der Waals surface area contributed by atoms with Crippen LogP contribution in [-0.2, 0) is 0 Å². The molecule has 2 aromatic rings. The lowest BCUT2D eigenvalue weighted by Gasteiger charge is -2.23. The molecule has 1 unspecified atom stereocenters. The summed E-state index contributed by atoms with van der Waals surface area (Å²) in [6.45, 7) is 6.47. The number of carboxylic acid groups (broad SMARTS) is 1. The third-order valence-corrected chi connectivity index (χ3v) is 3.99. The minimum atomic E-state index is -0.899. The number of aromatic carboxylic acids is 1. The number of carboxylic acids is 1. The highest BCUT2D eigenvalue weighted by atomic mass is 16.4. The molecule has 0 aliphatic carbocycles. The third kappa shape index (κ3) is 2.35. The average Bonchev–Trinajstić information content (AvgIpc) is 2.83. The summed E-state index contributed by atoms with van der Waals surface area (Å²) in [5.74, 6) is -0.372. The molecule has 1 aromatic carbocycles. The molecule has 1 N–H and O–H groups in total. The van der Waals surface area contributed by atoms with Crippen molar-refractivity contribution in [1.82, 2.24) is 9.55 Å². The largest absolute Gasteiger partial charge is 0.478 e. The standard InChI is InChI=1S/C15H20N2O2/c1-4-11(5-2)10(3)17-9-16-13-8-6-7-12(14(13)17)15(18)19/h6-11H,4-5H2,1-3H3,(H,18,19). The molecule has 1 atom stereocenters. The lowest BCUT2D eigenvalue weighted by molar-refractivity contribution is 0.0698. The van der Waals surface area contributed by atoms with Crippen molar-refractivity contribution >= 4 is 17.0 Å². The molecular formula is C15H20N2O2. The Morgan fingerprint density at radius 2 is 2.05 bits per heavy atom. The van der Waals surface area contributed by atoms with E-state index >= 15 is 0 Å². The molecular weight excluding hydrogens is 240 g/mol. The van der Waals surface area contributed by atoms with E-state index in [0.717, 1.165) is 23.9 Å². The van der Waals surface area contributed by atoms with Crippen molar-refractivity contribution in [2.75, 3.05) is 0 Å². The number of fused-ring (bicyclic) bond motifs is 1. The van der Waals surface area contributed by atoms with Crippen LogP contribution in [0.15, 0.2) is 24.5 Å². The number of nitrogens with zero attached hydrogens (tertiary/aromatic N) is 2. The Bertz CT molecular complexity index is 585. The fourth-order valence-electron chi connectivity index (χ4n) is 2.77. The minimum absolute atomic E-state index is 0.250. The molecule has 2 rings (SSSR count). The van der Waals surface area contributed by atoms with Crippen molar-refractivity contribution < 1.29 is 9.90 Å². The van der Waals surface area contributed by atoms with E-state index < -0.39 is 5.97 Å². The summed E-state index contributed by atoms with van der Waals surface area (Å²) in [5.41, 5.74) is 1.81. The number of hydrogen-bond acceptors (Lipinski definition) is 2.